The van der Waals surface area contributed by atoms with Gasteiger partial charge >= 0.3 is 0 Å². The van der Waals surface area contributed by atoms with Crippen LogP contribution in [0.5, 0.6) is 11.5 Å². The van der Waals surface area contributed by atoms with Gasteiger partial charge in [0.15, 0.2) is 11.5 Å². The van der Waals surface area contributed by atoms with E-state index in [1.165, 1.54) is 12.8 Å². The second-order valence-corrected chi connectivity index (χ2v) is 5.70. The van der Waals surface area contributed by atoms with E-state index in [4.69, 9.17) is 9.47 Å². The molecule has 0 aliphatic heterocycles. The summed E-state index contributed by atoms with van der Waals surface area (Å²) in [5, 5.41) is 13.2. The maximum atomic E-state index is 9.78. The van der Waals surface area contributed by atoms with Gasteiger partial charge in [-0.2, -0.15) is 0 Å². The second kappa shape index (κ2) is 5.80. The Morgan fingerprint density at radius 1 is 1.37 bits per heavy atom. The van der Waals surface area contributed by atoms with Crippen molar-refractivity contribution in [2.45, 2.75) is 44.9 Å². The number of methoxy groups -OCH3 is 1. The molecule has 0 spiro atoms. The van der Waals surface area contributed by atoms with Gasteiger partial charge in [0.2, 0.25) is 0 Å². The van der Waals surface area contributed by atoms with E-state index in [1.807, 2.05) is 18.2 Å². The van der Waals surface area contributed by atoms with Crippen molar-refractivity contribution in [3.63, 3.8) is 0 Å². The third-order valence-electron chi connectivity index (χ3n) is 3.01. The number of aliphatic hydroxyl groups is 1. The predicted molar refractivity (Wildman–Crippen MR) is 74.6 cm³/mol. The SMILES string of the molecule is COc1cccc(CNC2CC2)c1OCC(C)(C)O. The zero-order valence-corrected chi connectivity index (χ0v) is 11.9. The average molecular weight is 265 g/mol. The summed E-state index contributed by atoms with van der Waals surface area (Å²) in [5.74, 6) is 1.43. The number of hydrogen-bond donors (Lipinski definition) is 2. The lowest BCUT2D eigenvalue weighted by atomic mass is 10.1. The molecule has 4 heteroatoms. The van der Waals surface area contributed by atoms with Gasteiger partial charge in [-0.05, 0) is 32.8 Å². The lowest BCUT2D eigenvalue weighted by Gasteiger charge is -2.21. The third-order valence-corrected chi connectivity index (χ3v) is 3.01. The summed E-state index contributed by atoms with van der Waals surface area (Å²) in [4.78, 5) is 0. The Morgan fingerprint density at radius 2 is 2.11 bits per heavy atom. The number of ether oxygens (including phenoxy) is 2. The van der Waals surface area contributed by atoms with Gasteiger partial charge in [-0.1, -0.05) is 12.1 Å². The van der Waals surface area contributed by atoms with Crippen LogP contribution < -0.4 is 14.8 Å². The smallest absolute Gasteiger partial charge is 0.165 e. The average Bonchev–Trinajstić information content (AvgIpc) is 3.16. The molecule has 0 unspecified atom stereocenters. The van der Waals surface area contributed by atoms with Gasteiger partial charge in [0.05, 0.1) is 12.7 Å². The Bertz CT molecular complexity index is 422. The second-order valence-electron chi connectivity index (χ2n) is 5.70. The van der Waals surface area contributed by atoms with Crippen LogP contribution in [0.25, 0.3) is 0 Å². The summed E-state index contributed by atoms with van der Waals surface area (Å²) in [6.07, 6.45) is 2.51. The van der Waals surface area contributed by atoms with E-state index < -0.39 is 5.60 Å². The lowest BCUT2D eigenvalue weighted by molar-refractivity contribution is 0.0272. The molecule has 1 aromatic carbocycles. The van der Waals surface area contributed by atoms with Crippen molar-refractivity contribution in [1.82, 2.24) is 5.32 Å². The molecular weight excluding hydrogens is 242 g/mol. The van der Waals surface area contributed by atoms with Gasteiger partial charge in [0.25, 0.3) is 0 Å². The summed E-state index contributed by atoms with van der Waals surface area (Å²) in [7, 11) is 1.63. The van der Waals surface area contributed by atoms with Crippen LogP contribution in [0.2, 0.25) is 0 Å². The molecule has 1 fully saturated rings. The van der Waals surface area contributed by atoms with Crippen molar-refractivity contribution in [2.24, 2.45) is 0 Å². The molecule has 2 rings (SSSR count). The molecule has 2 N–H and O–H groups in total. The van der Waals surface area contributed by atoms with Crippen LogP contribution in [0.4, 0.5) is 0 Å². The Balaban J connectivity index is 2.10. The molecule has 0 heterocycles. The van der Waals surface area contributed by atoms with Crippen LogP contribution in [0.3, 0.4) is 0 Å². The molecule has 0 saturated heterocycles. The highest BCUT2D eigenvalue weighted by Gasteiger charge is 2.22. The zero-order chi connectivity index (χ0) is 13.9. The Kier molecular flexibility index (Phi) is 4.32. The van der Waals surface area contributed by atoms with Crippen LogP contribution in [-0.2, 0) is 6.54 Å². The fraction of sp³-hybridized carbons (Fsp3) is 0.600. The van der Waals surface area contributed by atoms with Gasteiger partial charge in [-0.25, -0.2) is 0 Å². The quantitative estimate of drug-likeness (QED) is 0.792. The van der Waals surface area contributed by atoms with E-state index in [0.717, 1.165) is 17.9 Å². The van der Waals surface area contributed by atoms with Gasteiger partial charge in [-0.15, -0.1) is 0 Å². The number of para-hydroxylation sites is 1. The lowest BCUT2D eigenvalue weighted by Crippen LogP contribution is -2.28. The highest BCUT2D eigenvalue weighted by Crippen LogP contribution is 2.32. The first-order chi connectivity index (χ1) is 8.99. The van der Waals surface area contributed by atoms with Crippen molar-refractivity contribution in [3.8, 4) is 11.5 Å². The van der Waals surface area contributed by atoms with Gasteiger partial charge in [0.1, 0.15) is 6.61 Å². The first-order valence-electron chi connectivity index (χ1n) is 6.74. The number of hydrogen-bond acceptors (Lipinski definition) is 4. The minimum atomic E-state index is -0.859. The fourth-order valence-electron chi connectivity index (χ4n) is 1.82. The molecule has 0 bridgehead atoms. The van der Waals surface area contributed by atoms with Crippen LogP contribution in [0, 0.1) is 0 Å². The van der Waals surface area contributed by atoms with E-state index in [0.29, 0.717) is 11.8 Å². The molecule has 1 aromatic rings. The topological polar surface area (TPSA) is 50.7 Å². The predicted octanol–water partition coefficient (Wildman–Crippen LogP) is 2.10. The van der Waals surface area contributed by atoms with Gasteiger partial charge in [0, 0.05) is 18.2 Å². The maximum Gasteiger partial charge on any atom is 0.165 e. The monoisotopic (exact) mass is 265 g/mol. The summed E-state index contributed by atoms with van der Waals surface area (Å²) < 4.78 is 11.1. The summed E-state index contributed by atoms with van der Waals surface area (Å²) in [6.45, 7) is 4.46. The molecule has 4 nitrogen and oxygen atoms in total. The number of benzene rings is 1. The minimum absolute atomic E-state index is 0.240. The summed E-state index contributed by atoms with van der Waals surface area (Å²) in [6, 6.07) is 6.51. The Labute approximate surface area is 114 Å². The molecular formula is C15H23NO3. The van der Waals surface area contributed by atoms with E-state index >= 15 is 0 Å². The first kappa shape index (κ1) is 14.2. The van der Waals surface area contributed by atoms with E-state index in [2.05, 4.69) is 5.32 Å². The van der Waals surface area contributed by atoms with E-state index in [1.54, 1.807) is 21.0 Å². The molecule has 0 atom stereocenters. The van der Waals surface area contributed by atoms with Crippen LogP contribution >= 0.6 is 0 Å². The summed E-state index contributed by atoms with van der Waals surface area (Å²) in [5.41, 5.74) is 0.206. The molecule has 0 aromatic heterocycles. The zero-order valence-electron chi connectivity index (χ0n) is 11.9. The summed E-state index contributed by atoms with van der Waals surface area (Å²) >= 11 is 0. The normalized spacial score (nSPS) is 15.4. The number of rotatable bonds is 7. The first-order valence-corrected chi connectivity index (χ1v) is 6.74. The number of nitrogens with one attached hydrogen (secondary N) is 1. The highest BCUT2D eigenvalue weighted by molar-refractivity contribution is 5.46. The van der Waals surface area contributed by atoms with Crippen molar-refractivity contribution < 1.29 is 14.6 Å². The molecule has 0 amide bonds. The molecule has 1 aliphatic carbocycles. The molecule has 106 valence electrons. The third kappa shape index (κ3) is 4.40. The van der Waals surface area contributed by atoms with Crippen molar-refractivity contribution in [3.05, 3.63) is 23.8 Å². The van der Waals surface area contributed by atoms with Crippen molar-refractivity contribution in [1.29, 1.82) is 0 Å². The van der Waals surface area contributed by atoms with Gasteiger partial charge in [-0.3, -0.25) is 0 Å². The Morgan fingerprint density at radius 3 is 2.68 bits per heavy atom. The standard InChI is InChI=1S/C15H23NO3/c1-15(2,17)10-19-14-11(9-16-12-7-8-12)5-4-6-13(14)18-3/h4-6,12,16-17H,7-10H2,1-3H3. The fourth-order valence-corrected chi connectivity index (χ4v) is 1.82. The molecule has 0 radical (unpaired) electrons. The van der Waals surface area contributed by atoms with E-state index in [9.17, 15) is 5.11 Å². The van der Waals surface area contributed by atoms with E-state index in [-0.39, 0.29) is 6.61 Å². The van der Waals surface area contributed by atoms with Crippen molar-refractivity contribution in [2.75, 3.05) is 13.7 Å². The van der Waals surface area contributed by atoms with Crippen LogP contribution in [0.1, 0.15) is 32.3 Å². The maximum absolute atomic E-state index is 9.78. The molecule has 19 heavy (non-hydrogen) atoms. The van der Waals surface area contributed by atoms with Gasteiger partial charge < -0.3 is 19.9 Å². The minimum Gasteiger partial charge on any atom is -0.493 e. The Hall–Kier alpha value is -1.26. The van der Waals surface area contributed by atoms with Crippen LogP contribution in [-0.4, -0.2) is 30.5 Å². The van der Waals surface area contributed by atoms with Crippen molar-refractivity contribution >= 4 is 0 Å². The largest absolute Gasteiger partial charge is 0.493 e. The highest BCUT2D eigenvalue weighted by atomic mass is 16.5. The molecule has 1 saturated carbocycles. The van der Waals surface area contributed by atoms with Crippen LogP contribution in [0.15, 0.2) is 18.2 Å². The molecule has 1 aliphatic rings.